The maximum Gasteiger partial charge on any atom is 0.240 e. The summed E-state index contributed by atoms with van der Waals surface area (Å²) in [6.45, 7) is 11.4. The summed E-state index contributed by atoms with van der Waals surface area (Å²) >= 11 is 0. The third kappa shape index (κ3) is 6.59. The Balaban J connectivity index is 2.82. The molecule has 1 aromatic carbocycles. The highest BCUT2D eigenvalue weighted by molar-refractivity contribution is 7.89. The molecule has 0 saturated heterocycles. The highest BCUT2D eigenvalue weighted by Crippen LogP contribution is 2.19. The molecule has 0 aliphatic carbocycles. The summed E-state index contributed by atoms with van der Waals surface area (Å²) in [5, 5.41) is 3.26. The van der Waals surface area contributed by atoms with Gasteiger partial charge in [0, 0.05) is 19.1 Å². The lowest BCUT2D eigenvalue weighted by molar-refractivity contribution is 0.378. The zero-order valence-corrected chi connectivity index (χ0v) is 14.5. The average molecular weight is 312 g/mol. The monoisotopic (exact) mass is 312 g/mol. The summed E-state index contributed by atoms with van der Waals surface area (Å²) in [5.41, 5.74) is 0.913. The Labute approximate surface area is 129 Å². The van der Waals surface area contributed by atoms with Crippen LogP contribution in [0.5, 0.6) is 0 Å². The smallest absolute Gasteiger partial charge is 0.240 e. The minimum Gasteiger partial charge on any atom is -0.310 e. The van der Waals surface area contributed by atoms with E-state index in [2.05, 4.69) is 30.8 Å². The maximum absolute atomic E-state index is 12.4. The first-order valence-electron chi connectivity index (χ1n) is 7.43. The van der Waals surface area contributed by atoms with E-state index in [4.69, 9.17) is 0 Å². The fourth-order valence-corrected chi connectivity index (χ4v) is 3.13. The van der Waals surface area contributed by atoms with Crippen molar-refractivity contribution in [3.05, 3.63) is 29.8 Å². The Morgan fingerprint density at radius 2 is 1.76 bits per heavy atom. The van der Waals surface area contributed by atoms with E-state index in [1.807, 2.05) is 26.0 Å². The van der Waals surface area contributed by atoms with Crippen LogP contribution in [-0.2, 0) is 16.6 Å². The predicted molar refractivity (Wildman–Crippen MR) is 87.7 cm³/mol. The Morgan fingerprint density at radius 1 is 1.14 bits per heavy atom. The van der Waals surface area contributed by atoms with Crippen LogP contribution in [0.1, 0.15) is 46.6 Å². The van der Waals surface area contributed by atoms with Gasteiger partial charge in [0.15, 0.2) is 0 Å². The quantitative estimate of drug-likeness (QED) is 0.814. The van der Waals surface area contributed by atoms with Gasteiger partial charge in [-0.1, -0.05) is 52.8 Å². The molecule has 120 valence electrons. The summed E-state index contributed by atoms with van der Waals surface area (Å²) in [6, 6.07) is 7.46. The minimum absolute atomic E-state index is 0.112. The van der Waals surface area contributed by atoms with E-state index in [-0.39, 0.29) is 5.41 Å². The van der Waals surface area contributed by atoms with Crippen molar-refractivity contribution in [1.29, 1.82) is 0 Å². The first-order chi connectivity index (χ1) is 9.62. The summed E-state index contributed by atoms with van der Waals surface area (Å²) in [7, 11) is -3.45. The number of hydrogen-bond acceptors (Lipinski definition) is 3. The molecule has 0 aliphatic heterocycles. The first-order valence-corrected chi connectivity index (χ1v) is 8.91. The first kappa shape index (κ1) is 18.1. The van der Waals surface area contributed by atoms with Gasteiger partial charge in [0.05, 0.1) is 4.90 Å². The van der Waals surface area contributed by atoms with Gasteiger partial charge in [-0.2, -0.15) is 0 Å². The lowest BCUT2D eigenvalue weighted by Gasteiger charge is -2.19. The molecule has 0 aliphatic rings. The Bertz CT molecular complexity index is 546. The SMILES string of the molecule is CC(C)NCc1ccccc1S(=O)(=O)NCCC(C)(C)C. The molecular formula is C16H28N2O2S. The second-order valence-electron chi connectivity index (χ2n) is 6.85. The summed E-state index contributed by atoms with van der Waals surface area (Å²) in [5.74, 6) is 0. The largest absolute Gasteiger partial charge is 0.310 e. The molecule has 1 aromatic rings. The highest BCUT2D eigenvalue weighted by atomic mass is 32.2. The Morgan fingerprint density at radius 3 is 2.33 bits per heavy atom. The molecule has 0 heterocycles. The van der Waals surface area contributed by atoms with E-state index < -0.39 is 10.0 Å². The van der Waals surface area contributed by atoms with Crippen LogP contribution in [0.15, 0.2) is 29.2 Å². The normalized spacial score (nSPS) is 12.9. The third-order valence-electron chi connectivity index (χ3n) is 3.13. The predicted octanol–water partition coefficient (Wildman–Crippen LogP) is 2.90. The molecule has 2 N–H and O–H groups in total. The van der Waals surface area contributed by atoms with Gasteiger partial charge >= 0.3 is 0 Å². The topological polar surface area (TPSA) is 58.2 Å². The molecule has 4 nitrogen and oxygen atoms in total. The number of hydrogen-bond donors (Lipinski definition) is 2. The van der Waals surface area contributed by atoms with E-state index in [0.29, 0.717) is 24.0 Å². The van der Waals surface area contributed by atoms with Crippen LogP contribution in [0.3, 0.4) is 0 Å². The molecule has 5 heteroatoms. The van der Waals surface area contributed by atoms with Crippen LogP contribution in [0.2, 0.25) is 0 Å². The third-order valence-corrected chi connectivity index (χ3v) is 4.69. The van der Waals surface area contributed by atoms with Gasteiger partial charge in [-0.25, -0.2) is 13.1 Å². The Kier molecular flexibility index (Phi) is 6.38. The zero-order chi connectivity index (χ0) is 16.1. The molecule has 0 spiro atoms. The molecule has 0 fully saturated rings. The second-order valence-corrected chi connectivity index (χ2v) is 8.59. The van der Waals surface area contributed by atoms with Gasteiger partial charge in [0.2, 0.25) is 10.0 Å². The number of rotatable bonds is 7. The molecular weight excluding hydrogens is 284 g/mol. The van der Waals surface area contributed by atoms with Crippen molar-refractivity contribution >= 4 is 10.0 Å². The number of sulfonamides is 1. The van der Waals surface area contributed by atoms with Crippen molar-refractivity contribution < 1.29 is 8.42 Å². The van der Waals surface area contributed by atoms with E-state index in [1.165, 1.54) is 0 Å². The van der Waals surface area contributed by atoms with Gasteiger partial charge in [-0.3, -0.25) is 0 Å². The van der Waals surface area contributed by atoms with Crippen LogP contribution in [0, 0.1) is 5.41 Å². The molecule has 21 heavy (non-hydrogen) atoms. The molecule has 1 rings (SSSR count). The Hall–Kier alpha value is -0.910. The van der Waals surface area contributed by atoms with Crippen LogP contribution >= 0.6 is 0 Å². The number of benzene rings is 1. The van der Waals surface area contributed by atoms with Crippen LogP contribution in [0.4, 0.5) is 0 Å². The fraction of sp³-hybridized carbons (Fsp3) is 0.625. The van der Waals surface area contributed by atoms with Crippen LogP contribution in [0.25, 0.3) is 0 Å². The lowest BCUT2D eigenvalue weighted by atomic mass is 9.93. The summed E-state index contributed by atoms with van der Waals surface area (Å²) < 4.78 is 27.6. The minimum atomic E-state index is -3.45. The fourth-order valence-electron chi connectivity index (χ4n) is 1.86. The lowest BCUT2D eigenvalue weighted by Crippen LogP contribution is -2.29. The molecule has 0 amide bonds. The van der Waals surface area contributed by atoms with Crippen LogP contribution in [-0.4, -0.2) is 21.0 Å². The standard InChI is InChI=1S/C16H28N2O2S/c1-13(2)17-12-14-8-6-7-9-15(14)21(19,20)18-11-10-16(3,4)5/h6-9,13,17-18H,10-12H2,1-5H3. The van der Waals surface area contributed by atoms with Crippen LogP contribution < -0.4 is 10.0 Å². The molecule has 0 unspecified atom stereocenters. The second kappa shape index (κ2) is 7.38. The van der Waals surface area contributed by atoms with Gasteiger partial charge in [-0.15, -0.1) is 0 Å². The van der Waals surface area contributed by atoms with Gasteiger partial charge < -0.3 is 5.32 Å². The average Bonchev–Trinajstić information content (AvgIpc) is 2.34. The highest BCUT2D eigenvalue weighted by Gasteiger charge is 2.19. The molecule has 0 saturated carbocycles. The van der Waals surface area contributed by atoms with Gasteiger partial charge in [-0.05, 0) is 23.5 Å². The summed E-state index contributed by atoms with van der Waals surface area (Å²) in [4.78, 5) is 0.368. The van der Waals surface area contributed by atoms with Crippen molar-refractivity contribution in [2.75, 3.05) is 6.54 Å². The van der Waals surface area contributed by atoms with Crippen molar-refractivity contribution in [2.24, 2.45) is 5.41 Å². The molecule has 0 atom stereocenters. The van der Waals surface area contributed by atoms with Crippen molar-refractivity contribution in [1.82, 2.24) is 10.0 Å². The van der Waals surface area contributed by atoms with Gasteiger partial charge in [0.1, 0.15) is 0 Å². The van der Waals surface area contributed by atoms with E-state index in [0.717, 1.165) is 12.0 Å². The van der Waals surface area contributed by atoms with E-state index in [1.54, 1.807) is 12.1 Å². The zero-order valence-electron chi connectivity index (χ0n) is 13.7. The van der Waals surface area contributed by atoms with E-state index in [9.17, 15) is 8.42 Å². The number of nitrogens with one attached hydrogen (secondary N) is 2. The molecule has 0 aromatic heterocycles. The molecule has 0 radical (unpaired) electrons. The molecule has 0 bridgehead atoms. The summed E-state index contributed by atoms with van der Waals surface area (Å²) in [6.07, 6.45) is 0.804. The maximum atomic E-state index is 12.4. The van der Waals surface area contributed by atoms with Gasteiger partial charge in [0.25, 0.3) is 0 Å². The van der Waals surface area contributed by atoms with Crippen molar-refractivity contribution in [2.45, 2.75) is 58.5 Å². The van der Waals surface area contributed by atoms with Crippen molar-refractivity contribution in [3.8, 4) is 0 Å². The van der Waals surface area contributed by atoms with Crippen molar-refractivity contribution in [3.63, 3.8) is 0 Å². The van der Waals surface area contributed by atoms with E-state index >= 15 is 0 Å².